The predicted molar refractivity (Wildman–Crippen MR) is 89.8 cm³/mol. The van der Waals surface area contributed by atoms with Crippen LogP contribution in [-0.2, 0) is 4.74 Å². The van der Waals surface area contributed by atoms with Crippen LogP contribution < -0.4 is 15.1 Å². The van der Waals surface area contributed by atoms with Crippen LogP contribution in [0.4, 0.5) is 22.1 Å². The molecule has 2 aromatic rings. The van der Waals surface area contributed by atoms with E-state index in [4.69, 9.17) is 4.74 Å². The van der Waals surface area contributed by atoms with Crippen LogP contribution in [0.25, 0.3) is 0 Å². The Kier molecular flexibility index (Phi) is 3.57. The Morgan fingerprint density at radius 1 is 1.38 bits per heavy atom. The lowest BCUT2D eigenvalue weighted by Crippen LogP contribution is -2.48. The molecule has 0 aromatic carbocycles. The molecule has 1 N–H and O–H groups in total. The number of urea groups is 1. The molecule has 1 fully saturated rings. The number of hydrogen-bond acceptors (Lipinski definition) is 7. The van der Waals surface area contributed by atoms with Crippen LogP contribution in [-0.4, -0.2) is 47.6 Å². The Labute approximate surface area is 142 Å². The van der Waals surface area contributed by atoms with E-state index in [1.807, 2.05) is 6.07 Å². The fourth-order valence-corrected chi connectivity index (χ4v) is 3.61. The monoisotopic (exact) mass is 345 g/mol. The lowest BCUT2D eigenvalue weighted by Gasteiger charge is -2.35. The summed E-state index contributed by atoms with van der Waals surface area (Å²) in [6.45, 7) is 1.62. The molecule has 24 heavy (non-hydrogen) atoms. The fraction of sp³-hybridized carbons (Fsp3) is 0.333. The zero-order valence-corrected chi connectivity index (χ0v) is 13.7. The molecule has 124 valence electrons. The molecule has 0 spiro atoms. The van der Waals surface area contributed by atoms with E-state index in [-0.39, 0.29) is 17.8 Å². The van der Waals surface area contributed by atoms with Gasteiger partial charge in [0.2, 0.25) is 0 Å². The van der Waals surface area contributed by atoms with Crippen LogP contribution >= 0.6 is 11.5 Å². The second-order valence-electron chi connectivity index (χ2n) is 5.60. The van der Waals surface area contributed by atoms with Crippen molar-refractivity contribution in [2.75, 3.05) is 35.3 Å². The highest BCUT2D eigenvalue weighted by Crippen LogP contribution is 2.39. The number of aromatic nitrogens is 2. The van der Waals surface area contributed by atoms with Gasteiger partial charge in [0.25, 0.3) is 0 Å². The number of nitrogens with one attached hydrogen (secondary N) is 1. The summed E-state index contributed by atoms with van der Waals surface area (Å²) in [5, 5.41) is 4.59. The maximum Gasteiger partial charge on any atom is 0.356 e. The lowest BCUT2D eigenvalue weighted by atomic mass is 10.2. The first-order chi connectivity index (χ1) is 11.7. The average molecular weight is 345 g/mol. The molecule has 9 heteroatoms. The Morgan fingerprint density at radius 2 is 2.25 bits per heavy atom. The summed E-state index contributed by atoms with van der Waals surface area (Å²) in [6.07, 6.45) is 0.856. The Bertz CT molecular complexity index is 794. The number of methoxy groups -OCH3 is 1. The number of fused-ring (bicyclic) bond motifs is 4. The van der Waals surface area contributed by atoms with E-state index in [9.17, 15) is 9.59 Å². The van der Waals surface area contributed by atoms with Gasteiger partial charge in [-0.15, -0.1) is 0 Å². The summed E-state index contributed by atoms with van der Waals surface area (Å²) in [4.78, 5) is 32.8. The Hall–Kier alpha value is -2.68. The van der Waals surface area contributed by atoms with Crippen molar-refractivity contribution < 1.29 is 14.3 Å². The van der Waals surface area contributed by atoms with Crippen molar-refractivity contribution in [2.24, 2.45) is 0 Å². The van der Waals surface area contributed by atoms with Crippen molar-refractivity contribution in [3.05, 3.63) is 29.3 Å². The van der Waals surface area contributed by atoms with E-state index in [2.05, 4.69) is 19.6 Å². The molecule has 1 unspecified atom stereocenters. The molecule has 4 rings (SSSR count). The fourth-order valence-electron chi connectivity index (χ4n) is 3.14. The second kappa shape index (κ2) is 5.75. The minimum atomic E-state index is -0.523. The minimum absolute atomic E-state index is 0.0246. The van der Waals surface area contributed by atoms with E-state index in [0.717, 1.165) is 25.2 Å². The zero-order chi connectivity index (χ0) is 16.7. The van der Waals surface area contributed by atoms with Gasteiger partial charge in [0.05, 0.1) is 18.8 Å². The summed E-state index contributed by atoms with van der Waals surface area (Å²) in [5.41, 5.74) is 1.04. The molecule has 4 heterocycles. The molecule has 0 aliphatic carbocycles. The van der Waals surface area contributed by atoms with Crippen LogP contribution in [0.3, 0.4) is 0 Å². The molecule has 0 radical (unpaired) electrons. The van der Waals surface area contributed by atoms with Crippen molar-refractivity contribution in [2.45, 2.75) is 12.5 Å². The molecule has 2 amide bonds. The highest BCUT2D eigenvalue weighted by Gasteiger charge is 2.40. The molecule has 2 aliphatic rings. The van der Waals surface area contributed by atoms with E-state index < -0.39 is 5.97 Å². The average Bonchev–Trinajstić information content (AvgIpc) is 3.25. The third-order valence-electron chi connectivity index (χ3n) is 4.24. The largest absolute Gasteiger partial charge is 0.464 e. The van der Waals surface area contributed by atoms with Gasteiger partial charge in [-0.3, -0.25) is 10.2 Å². The standard InChI is InChI=1S/C15H15N5O3S/c1-23-14(21)10-2-3-11-13(16-10)20(9-4-6-19(11)8-9)15(22)17-12-5-7-24-18-12/h2-3,5,7,9H,4,6,8H2,1H3,(H,17,18,22). The van der Waals surface area contributed by atoms with Crippen LogP contribution in [0.2, 0.25) is 0 Å². The topological polar surface area (TPSA) is 87.7 Å². The number of carbonyl (C=O) groups excluding carboxylic acids is 2. The predicted octanol–water partition coefficient (Wildman–Crippen LogP) is 1.96. The minimum Gasteiger partial charge on any atom is -0.464 e. The highest BCUT2D eigenvalue weighted by atomic mass is 32.1. The van der Waals surface area contributed by atoms with Crippen LogP contribution in [0, 0.1) is 0 Å². The first-order valence-corrected chi connectivity index (χ1v) is 8.36. The van der Waals surface area contributed by atoms with E-state index in [0.29, 0.717) is 11.6 Å². The summed E-state index contributed by atoms with van der Waals surface area (Å²) in [7, 11) is 1.31. The van der Waals surface area contributed by atoms with Gasteiger partial charge >= 0.3 is 12.0 Å². The number of esters is 1. The van der Waals surface area contributed by atoms with Gasteiger partial charge in [0.15, 0.2) is 11.5 Å². The maximum atomic E-state index is 12.8. The van der Waals surface area contributed by atoms with Gasteiger partial charge in [-0.1, -0.05) is 0 Å². The smallest absolute Gasteiger partial charge is 0.356 e. The summed E-state index contributed by atoms with van der Waals surface area (Å²) < 4.78 is 8.84. The molecule has 2 bridgehead atoms. The molecule has 1 atom stereocenters. The lowest BCUT2D eigenvalue weighted by molar-refractivity contribution is 0.0594. The van der Waals surface area contributed by atoms with Crippen LogP contribution in [0.15, 0.2) is 23.6 Å². The van der Waals surface area contributed by atoms with E-state index in [1.54, 1.807) is 22.4 Å². The summed E-state index contributed by atoms with van der Waals surface area (Å²) >= 11 is 1.27. The van der Waals surface area contributed by atoms with Crippen molar-refractivity contribution in [3.63, 3.8) is 0 Å². The SMILES string of the molecule is COC(=O)c1ccc2c(n1)N(C(=O)Nc1ccsn1)C1CCN2C1. The second-order valence-corrected chi connectivity index (χ2v) is 6.27. The van der Waals surface area contributed by atoms with Gasteiger partial charge in [0, 0.05) is 18.5 Å². The van der Waals surface area contributed by atoms with Crippen molar-refractivity contribution in [1.29, 1.82) is 0 Å². The number of amides is 2. The van der Waals surface area contributed by atoms with Gasteiger partial charge in [-0.25, -0.2) is 14.6 Å². The first kappa shape index (κ1) is 14.9. The van der Waals surface area contributed by atoms with Crippen LogP contribution in [0.5, 0.6) is 0 Å². The molecule has 0 saturated carbocycles. The number of anilines is 3. The van der Waals surface area contributed by atoms with Gasteiger partial charge in [-0.2, -0.15) is 4.37 Å². The van der Waals surface area contributed by atoms with Crippen molar-refractivity contribution in [1.82, 2.24) is 9.36 Å². The quantitative estimate of drug-likeness (QED) is 0.837. The van der Waals surface area contributed by atoms with Crippen LogP contribution in [0.1, 0.15) is 16.9 Å². The number of nitrogens with zero attached hydrogens (tertiary/aromatic N) is 4. The maximum absolute atomic E-state index is 12.8. The number of hydrogen-bond donors (Lipinski definition) is 1. The Balaban J connectivity index is 1.72. The molecular weight excluding hydrogens is 330 g/mol. The zero-order valence-electron chi connectivity index (χ0n) is 12.9. The van der Waals surface area contributed by atoms with Crippen molar-refractivity contribution in [3.8, 4) is 0 Å². The van der Waals surface area contributed by atoms with E-state index in [1.165, 1.54) is 18.6 Å². The molecule has 1 saturated heterocycles. The summed E-state index contributed by atoms with van der Waals surface area (Å²) in [5.74, 6) is 0.473. The number of ether oxygens (including phenoxy) is 1. The summed E-state index contributed by atoms with van der Waals surface area (Å²) in [6, 6.07) is 4.92. The third-order valence-corrected chi connectivity index (χ3v) is 4.80. The molecule has 2 aromatic heterocycles. The number of rotatable bonds is 2. The highest BCUT2D eigenvalue weighted by molar-refractivity contribution is 7.03. The molecule has 2 aliphatic heterocycles. The number of carbonyl (C=O) groups is 2. The van der Waals surface area contributed by atoms with Gasteiger partial charge in [-0.05, 0) is 36.2 Å². The third kappa shape index (κ3) is 2.37. The molecular formula is C15H15N5O3S. The first-order valence-electron chi connectivity index (χ1n) is 7.52. The van der Waals surface area contributed by atoms with Crippen molar-refractivity contribution >= 4 is 40.9 Å². The number of pyridine rings is 1. The van der Waals surface area contributed by atoms with E-state index >= 15 is 0 Å². The molecule has 8 nitrogen and oxygen atoms in total. The van der Waals surface area contributed by atoms with Gasteiger partial charge < -0.3 is 9.64 Å². The van der Waals surface area contributed by atoms with Gasteiger partial charge in [0.1, 0.15) is 5.82 Å². The Morgan fingerprint density at radius 3 is 3.00 bits per heavy atom. The normalized spacial score (nSPS) is 18.3.